The summed E-state index contributed by atoms with van der Waals surface area (Å²) in [6.45, 7) is 5.75. The van der Waals surface area contributed by atoms with Crippen LogP contribution >= 0.6 is 0 Å². The quantitative estimate of drug-likeness (QED) is 0.553. The Bertz CT molecular complexity index is 1160. The summed E-state index contributed by atoms with van der Waals surface area (Å²) >= 11 is 0. The van der Waals surface area contributed by atoms with E-state index in [4.69, 9.17) is 4.74 Å². The lowest BCUT2D eigenvalue weighted by Crippen LogP contribution is -2.38. The van der Waals surface area contributed by atoms with Crippen molar-refractivity contribution in [2.75, 3.05) is 17.3 Å². The van der Waals surface area contributed by atoms with Crippen molar-refractivity contribution < 1.29 is 9.53 Å². The Morgan fingerprint density at radius 2 is 2.00 bits per heavy atom. The number of hydrogen-bond donors (Lipinski definition) is 1. The number of methoxy groups -OCH3 is 1. The van der Waals surface area contributed by atoms with Crippen molar-refractivity contribution in [3.63, 3.8) is 0 Å². The summed E-state index contributed by atoms with van der Waals surface area (Å²) in [5, 5.41) is 8.01. The molecule has 0 saturated heterocycles. The van der Waals surface area contributed by atoms with Crippen LogP contribution in [0.2, 0.25) is 0 Å². The van der Waals surface area contributed by atoms with Crippen molar-refractivity contribution in [3.05, 3.63) is 54.5 Å². The summed E-state index contributed by atoms with van der Waals surface area (Å²) in [5.41, 5.74) is 4.91. The van der Waals surface area contributed by atoms with E-state index >= 15 is 0 Å². The van der Waals surface area contributed by atoms with Gasteiger partial charge in [-0.15, -0.1) is 0 Å². The molecule has 1 aliphatic carbocycles. The summed E-state index contributed by atoms with van der Waals surface area (Å²) in [6, 6.07) is 10.2. The molecule has 178 valence electrons. The van der Waals surface area contributed by atoms with Crippen LogP contribution in [-0.4, -0.2) is 33.9 Å². The van der Waals surface area contributed by atoms with Gasteiger partial charge in [0.25, 0.3) is 0 Å². The van der Waals surface area contributed by atoms with E-state index in [1.165, 1.54) is 0 Å². The van der Waals surface area contributed by atoms with Crippen LogP contribution < -0.4 is 10.2 Å². The summed E-state index contributed by atoms with van der Waals surface area (Å²) in [7, 11) is 1.76. The third-order valence-corrected chi connectivity index (χ3v) is 6.90. The maximum atomic E-state index is 13.9. The van der Waals surface area contributed by atoms with Crippen LogP contribution in [0.1, 0.15) is 45.1 Å². The topological polar surface area (TPSA) is 72.3 Å². The maximum absolute atomic E-state index is 13.9. The number of ether oxygens (including phenoxy) is 1. The van der Waals surface area contributed by atoms with Crippen LogP contribution in [0.5, 0.6) is 0 Å². The third kappa shape index (κ3) is 4.57. The molecule has 2 aromatic heterocycles. The molecule has 1 amide bonds. The number of carbonyl (C=O) groups is 1. The van der Waals surface area contributed by atoms with Crippen LogP contribution in [0.3, 0.4) is 0 Å². The first-order valence-electron chi connectivity index (χ1n) is 12.2. The molecule has 1 N–H and O–H groups in total. The fourth-order valence-electron chi connectivity index (χ4n) is 5.05. The van der Waals surface area contributed by atoms with Gasteiger partial charge in [-0.05, 0) is 55.4 Å². The number of amides is 1. The zero-order valence-electron chi connectivity index (χ0n) is 20.2. The van der Waals surface area contributed by atoms with Gasteiger partial charge in [0.15, 0.2) is 0 Å². The Morgan fingerprint density at radius 3 is 2.76 bits per heavy atom. The fourth-order valence-corrected chi connectivity index (χ4v) is 5.05. The third-order valence-electron chi connectivity index (χ3n) is 6.90. The largest absolute Gasteiger partial charge is 0.381 e. The minimum atomic E-state index is 0.00918. The molecule has 3 aromatic rings. The number of fused-ring (bicyclic) bond motifs is 2. The monoisotopic (exact) mass is 459 g/mol. The van der Waals surface area contributed by atoms with Crippen molar-refractivity contribution in [2.24, 2.45) is 11.8 Å². The smallest absolute Gasteiger partial charge is 0.230 e. The number of rotatable bonds is 5. The molecule has 0 atom stereocenters. The molecular weight excluding hydrogens is 426 g/mol. The molecule has 3 heterocycles. The first-order valence-corrected chi connectivity index (χ1v) is 12.2. The van der Waals surface area contributed by atoms with E-state index in [1.54, 1.807) is 13.3 Å². The van der Waals surface area contributed by atoms with Gasteiger partial charge in [-0.25, -0.2) is 4.98 Å². The Hall–Kier alpha value is -3.19. The molecule has 0 bridgehead atoms. The Kier molecular flexibility index (Phi) is 6.37. The van der Waals surface area contributed by atoms with E-state index in [0.29, 0.717) is 12.5 Å². The minimum absolute atomic E-state index is 0.00918. The van der Waals surface area contributed by atoms with Gasteiger partial charge < -0.3 is 15.0 Å². The van der Waals surface area contributed by atoms with Crippen molar-refractivity contribution >= 4 is 23.1 Å². The summed E-state index contributed by atoms with van der Waals surface area (Å²) < 4.78 is 7.51. The van der Waals surface area contributed by atoms with Crippen molar-refractivity contribution in [2.45, 2.75) is 58.7 Å². The second-order valence-electron chi connectivity index (χ2n) is 9.85. The lowest BCUT2D eigenvalue weighted by atomic mass is 9.86. The van der Waals surface area contributed by atoms with Gasteiger partial charge in [0.1, 0.15) is 5.82 Å². The molecule has 2 aliphatic rings. The van der Waals surface area contributed by atoms with Gasteiger partial charge in [-0.1, -0.05) is 26.0 Å². The molecule has 1 fully saturated rings. The average molecular weight is 460 g/mol. The number of pyridine rings is 1. The van der Waals surface area contributed by atoms with Gasteiger partial charge in [0.2, 0.25) is 5.91 Å². The van der Waals surface area contributed by atoms with E-state index in [1.807, 2.05) is 27.9 Å². The van der Waals surface area contributed by atoms with Crippen LogP contribution in [-0.2, 0) is 22.6 Å². The number of nitrogens with one attached hydrogen (secondary N) is 1. The molecule has 0 spiro atoms. The lowest BCUT2D eigenvalue weighted by molar-refractivity contribution is -0.124. The maximum Gasteiger partial charge on any atom is 0.230 e. The van der Waals surface area contributed by atoms with E-state index < -0.39 is 0 Å². The van der Waals surface area contributed by atoms with Gasteiger partial charge in [-0.2, -0.15) is 5.10 Å². The van der Waals surface area contributed by atoms with Gasteiger partial charge in [0.05, 0.1) is 30.2 Å². The van der Waals surface area contributed by atoms with Gasteiger partial charge >= 0.3 is 0 Å². The molecule has 1 aliphatic heterocycles. The normalized spacial score (nSPS) is 19.8. The lowest BCUT2D eigenvalue weighted by Gasteiger charge is -2.32. The van der Waals surface area contributed by atoms with Crippen LogP contribution in [0, 0.1) is 11.8 Å². The number of carbonyl (C=O) groups excluding carboxylic acids is 1. The van der Waals surface area contributed by atoms with Crippen LogP contribution in [0.15, 0.2) is 48.9 Å². The molecule has 7 nitrogen and oxygen atoms in total. The first-order chi connectivity index (χ1) is 16.5. The molecule has 0 unspecified atom stereocenters. The summed E-state index contributed by atoms with van der Waals surface area (Å²) in [4.78, 5) is 20.4. The average Bonchev–Trinajstić information content (AvgIpc) is 3.24. The number of aromatic nitrogens is 3. The molecule has 1 aromatic carbocycles. The molecule has 5 rings (SSSR count). The highest BCUT2D eigenvalue weighted by Crippen LogP contribution is 2.40. The Labute approximate surface area is 201 Å². The van der Waals surface area contributed by atoms with Gasteiger partial charge in [-0.3, -0.25) is 9.48 Å². The highest BCUT2D eigenvalue weighted by molar-refractivity contribution is 6.00. The van der Waals surface area contributed by atoms with E-state index in [0.717, 1.165) is 66.1 Å². The zero-order valence-corrected chi connectivity index (χ0v) is 20.2. The number of anilines is 3. The number of hydrogen-bond acceptors (Lipinski definition) is 5. The molecule has 34 heavy (non-hydrogen) atoms. The van der Waals surface area contributed by atoms with Crippen molar-refractivity contribution in [3.8, 4) is 11.1 Å². The standard InChI is InChI=1S/C27H33N5O2/c1-18(2)15-31-16-22(14-29-31)20-8-11-24-25(13-20)32(17-21-5-4-12-28-26(21)30-24)27(33)19-6-9-23(34-3)10-7-19/h4-5,8,11-14,16,18-19,23H,6-7,9-10,15,17H2,1-3H3,(H,28,30)/t19-,23-. The zero-order chi connectivity index (χ0) is 23.7. The molecule has 1 saturated carbocycles. The van der Waals surface area contributed by atoms with Crippen molar-refractivity contribution in [1.82, 2.24) is 14.8 Å². The van der Waals surface area contributed by atoms with Gasteiger partial charge in [0, 0.05) is 43.1 Å². The molecular formula is C27H33N5O2. The molecule has 7 heteroatoms. The number of nitrogens with zero attached hydrogens (tertiary/aromatic N) is 4. The second kappa shape index (κ2) is 9.58. The SMILES string of the molecule is CO[C@H]1CC[C@H](C(=O)N2Cc3cccnc3Nc3ccc(-c4cnn(CC(C)C)c4)cc32)CC1. The minimum Gasteiger partial charge on any atom is -0.381 e. The first kappa shape index (κ1) is 22.6. The summed E-state index contributed by atoms with van der Waals surface area (Å²) in [6.07, 6.45) is 9.62. The van der Waals surface area contributed by atoms with Crippen LogP contribution in [0.4, 0.5) is 17.2 Å². The Balaban J connectivity index is 1.50. The predicted molar refractivity (Wildman–Crippen MR) is 134 cm³/mol. The summed E-state index contributed by atoms with van der Waals surface area (Å²) in [5.74, 6) is 1.52. The fraction of sp³-hybridized carbons (Fsp3) is 0.444. The highest BCUT2D eigenvalue weighted by Gasteiger charge is 2.33. The van der Waals surface area contributed by atoms with Crippen LogP contribution in [0.25, 0.3) is 11.1 Å². The Morgan fingerprint density at radius 1 is 1.18 bits per heavy atom. The number of benzene rings is 1. The van der Waals surface area contributed by atoms with E-state index in [-0.39, 0.29) is 17.9 Å². The second-order valence-corrected chi connectivity index (χ2v) is 9.85. The molecule has 0 radical (unpaired) electrons. The predicted octanol–water partition coefficient (Wildman–Crippen LogP) is 5.40. The van der Waals surface area contributed by atoms with Crippen molar-refractivity contribution in [1.29, 1.82) is 0 Å². The van der Waals surface area contributed by atoms with E-state index in [9.17, 15) is 4.79 Å². The highest BCUT2D eigenvalue weighted by atomic mass is 16.5. The van der Waals surface area contributed by atoms with E-state index in [2.05, 4.69) is 53.6 Å².